The number of ether oxygens (including phenoxy) is 1. The van der Waals surface area contributed by atoms with Gasteiger partial charge >= 0.3 is 0 Å². The minimum atomic E-state index is -0.724. The van der Waals surface area contributed by atoms with Gasteiger partial charge in [-0.05, 0) is 43.5 Å². The lowest BCUT2D eigenvalue weighted by Crippen LogP contribution is -2.44. The number of nitriles is 1. The van der Waals surface area contributed by atoms with Gasteiger partial charge in [0, 0.05) is 12.3 Å². The Morgan fingerprint density at radius 3 is 2.88 bits per heavy atom. The van der Waals surface area contributed by atoms with E-state index in [1.54, 1.807) is 0 Å². The minimum absolute atomic E-state index is 0.294. The van der Waals surface area contributed by atoms with Gasteiger partial charge in [0.15, 0.2) is 0 Å². The second-order valence-electron chi connectivity index (χ2n) is 4.49. The molecule has 0 radical (unpaired) electrons. The molecule has 1 saturated heterocycles. The molecule has 1 aromatic rings. The average Bonchev–Trinajstić information content (AvgIpc) is 2.29. The third-order valence-electron chi connectivity index (χ3n) is 2.88. The number of nitrogens with zero attached hydrogens (tertiary/aromatic N) is 1. The number of anilines is 1. The van der Waals surface area contributed by atoms with Crippen LogP contribution in [-0.2, 0) is 4.74 Å². The summed E-state index contributed by atoms with van der Waals surface area (Å²) in [5.41, 5.74) is 0.741. The highest BCUT2D eigenvalue weighted by Crippen LogP contribution is 2.25. The van der Waals surface area contributed by atoms with Crippen LogP contribution < -0.4 is 5.32 Å². The van der Waals surface area contributed by atoms with E-state index in [-0.39, 0.29) is 5.82 Å². The molecule has 1 aromatic carbocycles. The summed E-state index contributed by atoms with van der Waals surface area (Å²) in [7, 11) is 0. The molecule has 1 aliphatic rings. The monoisotopic (exact) mass is 234 g/mol. The molecule has 3 nitrogen and oxygen atoms in total. The maximum absolute atomic E-state index is 13.3. The first kappa shape index (κ1) is 11.9. The highest BCUT2D eigenvalue weighted by atomic mass is 19.1. The lowest BCUT2D eigenvalue weighted by molar-refractivity contribution is 0.0666. The van der Waals surface area contributed by atoms with E-state index < -0.39 is 5.54 Å². The fourth-order valence-electron chi connectivity index (χ4n) is 2.09. The van der Waals surface area contributed by atoms with Crippen molar-refractivity contribution in [1.82, 2.24) is 0 Å². The molecule has 1 N–H and O–H groups in total. The third-order valence-corrected chi connectivity index (χ3v) is 2.88. The largest absolute Gasteiger partial charge is 0.378 e. The van der Waals surface area contributed by atoms with E-state index in [1.807, 2.05) is 13.0 Å². The van der Waals surface area contributed by atoms with Crippen LogP contribution in [0.15, 0.2) is 18.2 Å². The zero-order valence-corrected chi connectivity index (χ0v) is 9.79. The molecule has 4 heteroatoms. The molecule has 90 valence electrons. The standard InChI is InChI=1S/C13H15FN2O/c1-10-5-11(14)7-12(6-10)16-13(8-15)3-2-4-17-9-13/h5-7,16H,2-4,9H2,1H3. The van der Waals surface area contributed by atoms with Gasteiger partial charge < -0.3 is 10.1 Å². The number of halogens is 1. The van der Waals surface area contributed by atoms with Gasteiger partial charge in [0.1, 0.15) is 11.4 Å². The first-order valence-corrected chi connectivity index (χ1v) is 5.68. The summed E-state index contributed by atoms with van der Waals surface area (Å²) in [6, 6.07) is 6.94. The van der Waals surface area contributed by atoms with E-state index in [2.05, 4.69) is 11.4 Å². The third kappa shape index (κ3) is 2.75. The van der Waals surface area contributed by atoms with E-state index in [1.165, 1.54) is 12.1 Å². The van der Waals surface area contributed by atoms with Crippen LogP contribution in [-0.4, -0.2) is 18.8 Å². The molecule has 0 saturated carbocycles. The molecule has 1 unspecified atom stereocenters. The van der Waals surface area contributed by atoms with Crippen molar-refractivity contribution in [2.45, 2.75) is 25.3 Å². The van der Waals surface area contributed by atoms with E-state index in [9.17, 15) is 9.65 Å². The Bertz CT molecular complexity index is 427. The number of hydrogen-bond acceptors (Lipinski definition) is 3. The van der Waals surface area contributed by atoms with Crippen molar-refractivity contribution in [3.05, 3.63) is 29.6 Å². The smallest absolute Gasteiger partial charge is 0.149 e. The fraction of sp³-hybridized carbons (Fsp3) is 0.462. The van der Waals surface area contributed by atoms with Gasteiger partial charge in [-0.2, -0.15) is 5.26 Å². The first-order valence-electron chi connectivity index (χ1n) is 5.68. The molecule has 1 aliphatic heterocycles. The van der Waals surface area contributed by atoms with Gasteiger partial charge in [-0.1, -0.05) is 0 Å². The van der Waals surface area contributed by atoms with Crippen LogP contribution in [0.2, 0.25) is 0 Å². The lowest BCUT2D eigenvalue weighted by Gasteiger charge is -2.32. The zero-order valence-electron chi connectivity index (χ0n) is 9.79. The van der Waals surface area contributed by atoms with Gasteiger partial charge in [-0.25, -0.2) is 4.39 Å². The van der Waals surface area contributed by atoms with Crippen molar-refractivity contribution >= 4 is 5.69 Å². The predicted octanol–water partition coefficient (Wildman–Crippen LogP) is 2.62. The maximum Gasteiger partial charge on any atom is 0.149 e. The highest BCUT2D eigenvalue weighted by Gasteiger charge is 2.32. The van der Waals surface area contributed by atoms with E-state index in [0.29, 0.717) is 18.9 Å². The van der Waals surface area contributed by atoms with Gasteiger partial charge in [-0.15, -0.1) is 0 Å². The normalized spacial score (nSPS) is 24.1. The van der Waals surface area contributed by atoms with Crippen LogP contribution in [0.4, 0.5) is 10.1 Å². The molecular weight excluding hydrogens is 219 g/mol. The molecule has 1 heterocycles. The fourth-order valence-corrected chi connectivity index (χ4v) is 2.09. The Hall–Kier alpha value is -1.60. The quantitative estimate of drug-likeness (QED) is 0.855. The van der Waals surface area contributed by atoms with Crippen LogP contribution >= 0.6 is 0 Å². The predicted molar refractivity (Wildman–Crippen MR) is 63.2 cm³/mol. The van der Waals surface area contributed by atoms with Gasteiger partial charge in [0.25, 0.3) is 0 Å². The van der Waals surface area contributed by atoms with Crippen molar-refractivity contribution < 1.29 is 9.13 Å². The summed E-state index contributed by atoms with van der Waals surface area (Å²) >= 11 is 0. The maximum atomic E-state index is 13.3. The van der Waals surface area contributed by atoms with Gasteiger partial charge in [-0.3, -0.25) is 0 Å². The molecule has 1 fully saturated rings. The first-order chi connectivity index (χ1) is 8.13. The molecule has 2 rings (SSSR count). The van der Waals surface area contributed by atoms with Crippen LogP contribution in [0.3, 0.4) is 0 Å². The molecular formula is C13H15FN2O. The second kappa shape index (κ2) is 4.72. The number of benzene rings is 1. The Balaban J connectivity index is 2.21. The molecule has 17 heavy (non-hydrogen) atoms. The van der Waals surface area contributed by atoms with Gasteiger partial charge in [0.2, 0.25) is 0 Å². The van der Waals surface area contributed by atoms with Crippen LogP contribution in [0, 0.1) is 24.1 Å². The second-order valence-corrected chi connectivity index (χ2v) is 4.49. The Morgan fingerprint density at radius 1 is 1.47 bits per heavy atom. The lowest BCUT2D eigenvalue weighted by atomic mass is 9.93. The Morgan fingerprint density at radius 2 is 2.29 bits per heavy atom. The molecule has 0 bridgehead atoms. The summed E-state index contributed by atoms with van der Waals surface area (Å²) in [5, 5.41) is 12.4. The summed E-state index contributed by atoms with van der Waals surface area (Å²) in [6.07, 6.45) is 1.56. The van der Waals surface area contributed by atoms with E-state index in [0.717, 1.165) is 18.4 Å². The molecule has 0 aliphatic carbocycles. The summed E-state index contributed by atoms with van der Waals surface area (Å²) in [5.74, 6) is -0.294. The topological polar surface area (TPSA) is 45.0 Å². The van der Waals surface area contributed by atoms with Crippen molar-refractivity contribution in [3.8, 4) is 6.07 Å². The zero-order chi connectivity index (χ0) is 12.3. The highest BCUT2D eigenvalue weighted by molar-refractivity contribution is 5.50. The minimum Gasteiger partial charge on any atom is -0.378 e. The molecule has 0 spiro atoms. The number of aryl methyl sites for hydroxylation is 1. The van der Waals surface area contributed by atoms with E-state index in [4.69, 9.17) is 4.74 Å². The van der Waals surface area contributed by atoms with Crippen molar-refractivity contribution in [2.75, 3.05) is 18.5 Å². The van der Waals surface area contributed by atoms with Crippen LogP contribution in [0.5, 0.6) is 0 Å². The SMILES string of the molecule is Cc1cc(F)cc(NC2(C#N)CCCOC2)c1. The summed E-state index contributed by atoms with van der Waals surface area (Å²) in [6.45, 7) is 2.86. The molecule has 0 amide bonds. The summed E-state index contributed by atoms with van der Waals surface area (Å²) in [4.78, 5) is 0. The van der Waals surface area contributed by atoms with Gasteiger partial charge in [0.05, 0.1) is 12.7 Å². The van der Waals surface area contributed by atoms with E-state index >= 15 is 0 Å². The molecule has 0 aromatic heterocycles. The number of hydrogen-bond donors (Lipinski definition) is 1. The van der Waals surface area contributed by atoms with Crippen molar-refractivity contribution in [1.29, 1.82) is 5.26 Å². The Kier molecular flexibility index (Phi) is 3.30. The Labute approximate surface area is 100 Å². The summed E-state index contributed by atoms with van der Waals surface area (Å²) < 4.78 is 18.6. The average molecular weight is 234 g/mol. The number of nitrogens with one attached hydrogen (secondary N) is 1. The van der Waals surface area contributed by atoms with Crippen molar-refractivity contribution in [2.24, 2.45) is 0 Å². The van der Waals surface area contributed by atoms with Crippen LogP contribution in [0.25, 0.3) is 0 Å². The number of rotatable bonds is 2. The molecule has 1 atom stereocenters. The van der Waals surface area contributed by atoms with Crippen molar-refractivity contribution in [3.63, 3.8) is 0 Å². The van der Waals surface area contributed by atoms with Crippen LogP contribution in [0.1, 0.15) is 18.4 Å².